The van der Waals surface area contributed by atoms with Gasteiger partial charge < -0.3 is 0 Å². The van der Waals surface area contributed by atoms with E-state index in [4.69, 9.17) is 0 Å². The molecule has 3 aromatic rings. The number of fused-ring (bicyclic) bond motifs is 1. The molecule has 0 spiro atoms. The summed E-state index contributed by atoms with van der Waals surface area (Å²) in [7, 11) is 0. The van der Waals surface area contributed by atoms with Gasteiger partial charge in [0.05, 0.1) is 0 Å². The molecule has 0 aliphatic rings. The zero-order valence-corrected chi connectivity index (χ0v) is 12.0. The van der Waals surface area contributed by atoms with E-state index in [0.717, 1.165) is 11.3 Å². The Morgan fingerprint density at radius 3 is 2.53 bits per heavy atom. The van der Waals surface area contributed by atoms with Crippen molar-refractivity contribution in [3.8, 4) is 5.69 Å². The van der Waals surface area contributed by atoms with Crippen molar-refractivity contribution in [3.63, 3.8) is 0 Å². The number of aryl methyl sites for hydroxylation is 1. The molecule has 0 amide bonds. The fraction of sp³-hybridized carbons (Fsp3) is 0.0667. The van der Waals surface area contributed by atoms with Crippen LogP contribution in [-0.4, -0.2) is 25.6 Å². The van der Waals surface area contributed by atoms with Gasteiger partial charge in [0.2, 0.25) is 0 Å². The molecule has 0 atom stereocenters. The molecule has 0 aliphatic carbocycles. The number of aromatic nitrogens is 2. The average Bonchev–Trinajstić information content (AvgIpc) is 2.41. The van der Waals surface area contributed by atoms with Crippen molar-refractivity contribution >= 4 is 31.6 Å². The number of para-hydroxylation sites is 2. The third kappa shape index (κ3) is 1.99. The Morgan fingerprint density at radius 1 is 1.05 bits per heavy atom. The summed E-state index contributed by atoms with van der Waals surface area (Å²) in [5, 5.41) is 0.629. The molecule has 0 aliphatic heterocycles. The zero-order valence-electron chi connectivity index (χ0n) is 10.3. The predicted molar refractivity (Wildman–Crippen MR) is 77.5 cm³/mol. The third-order valence-corrected chi connectivity index (χ3v) is 3.68. The van der Waals surface area contributed by atoms with E-state index < -0.39 is 0 Å². The standard InChI is InChI=1S/C15H11N2OSe/c1-10-6-2-5-9-13(10)17-14(18)11-7-3-4-8-12(11)16-15(17)19/h2-9H,1H3. The molecule has 2 aromatic carbocycles. The van der Waals surface area contributed by atoms with Crippen LogP contribution in [0.3, 0.4) is 0 Å². The first-order chi connectivity index (χ1) is 9.18. The predicted octanol–water partition coefficient (Wildman–Crippen LogP) is 1.49. The maximum atomic E-state index is 12.6. The van der Waals surface area contributed by atoms with E-state index >= 15 is 0 Å². The molecule has 0 saturated carbocycles. The van der Waals surface area contributed by atoms with Gasteiger partial charge >= 0.3 is 118 Å². The van der Waals surface area contributed by atoms with E-state index in [1.54, 1.807) is 10.6 Å². The molecular weight excluding hydrogens is 303 g/mol. The first-order valence-corrected chi connectivity index (χ1v) is 6.79. The van der Waals surface area contributed by atoms with Gasteiger partial charge in [-0.05, 0) is 0 Å². The first kappa shape index (κ1) is 12.1. The summed E-state index contributed by atoms with van der Waals surface area (Å²) in [5.41, 5.74) is 2.57. The van der Waals surface area contributed by atoms with Crippen molar-refractivity contribution in [1.82, 2.24) is 9.55 Å². The topological polar surface area (TPSA) is 34.9 Å². The minimum absolute atomic E-state index is 0.0475. The molecule has 1 radical (unpaired) electrons. The Balaban J connectivity index is 2.43. The van der Waals surface area contributed by atoms with E-state index in [1.807, 2.05) is 49.4 Å². The van der Waals surface area contributed by atoms with Crippen LogP contribution in [0.15, 0.2) is 53.3 Å². The van der Waals surface area contributed by atoms with Gasteiger partial charge in [-0.1, -0.05) is 0 Å². The molecule has 3 rings (SSSR count). The second kappa shape index (κ2) is 4.65. The van der Waals surface area contributed by atoms with Crippen molar-refractivity contribution < 1.29 is 0 Å². The van der Waals surface area contributed by atoms with Crippen LogP contribution in [-0.2, 0) is 0 Å². The van der Waals surface area contributed by atoms with E-state index in [2.05, 4.69) is 21.0 Å². The van der Waals surface area contributed by atoms with Gasteiger partial charge in [-0.3, -0.25) is 0 Å². The number of rotatable bonds is 1. The van der Waals surface area contributed by atoms with Crippen molar-refractivity contribution in [2.45, 2.75) is 6.92 Å². The maximum absolute atomic E-state index is 12.6. The van der Waals surface area contributed by atoms with Crippen LogP contribution in [0, 0.1) is 6.92 Å². The molecule has 0 bridgehead atoms. The quantitative estimate of drug-likeness (QED) is 0.638. The Labute approximate surface area is 118 Å². The molecule has 4 heteroatoms. The Hall–Kier alpha value is -1.90. The van der Waals surface area contributed by atoms with Crippen LogP contribution in [0.5, 0.6) is 0 Å². The van der Waals surface area contributed by atoms with Gasteiger partial charge in [0.25, 0.3) is 0 Å². The molecule has 0 unspecified atom stereocenters. The molecule has 0 fully saturated rings. The fourth-order valence-electron chi connectivity index (χ4n) is 2.14. The summed E-state index contributed by atoms with van der Waals surface area (Å²) < 4.78 is 2.20. The average molecular weight is 314 g/mol. The van der Waals surface area contributed by atoms with Gasteiger partial charge in [-0.25, -0.2) is 0 Å². The molecule has 1 aromatic heterocycles. The number of benzene rings is 2. The fourth-order valence-corrected chi connectivity index (χ4v) is 2.73. The van der Waals surface area contributed by atoms with E-state index in [0.29, 0.717) is 15.6 Å². The van der Waals surface area contributed by atoms with Gasteiger partial charge in [0.15, 0.2) is 0 Å². The van der Waals surface area contributed by atoms with Gasteiger partial charge in [0.1, 0.15) is 0 Å². The normalized spacial score (nSPS) is 10.8. The van der Waals surface area contributed by atoms with Crippen LogP contribution in [0.1, 0.15) is 5.56 Å². The SMILES string of the molecule is Cc1ccccc1-n1c([Se])nc2ccccc2c1=O. The van der Waals surface area contributed by atoms with E-state index in [9.17, 15) is 4.79 Å². The van der Waals surface area contributed by atoms with Crippen molar-refractivity contribution in [1.29, 1.82) is 0 Å². The molecule has 1 heterocycles. The molecule has 0 saturated heterocycles. The van der Waals surface area contributed by atoms with Crippen LogP contribution >= 0.6 is 0 Å². The Kier molecular flexibility index (Phi) is 2.97. The van der Waals surface area contributed by atoms with Crippen LogP contribution in [0.2, 0.25) is 0 Å². The molecule has 93 valence electrons. The summed E-state index contributed by atoms with van der Waals surface area (Å²) in [4.78, 5) is 17.1. The van der Waals surface area contributed by atoms with Gasteiger partial charge in [-0.2, -0.15) is 0 Å². The molecular formula is C15H11N2OSe. The van der Waals surface area contributed by atoms with Crippen molar-refractivity contribution in [3.05, 3.63) is 64.4 Å². The number of nitrogens with zero attached hydrogens (tertiary/aromatic N) is 2. The molecule has 0 N–H and O–H groups in total. The Morgan fingerprint density at radius 2 is 1.74 bits per heavy atom. The van der Waals surface area contributed by atoms with Crippen molar-refractivity contribution in [2.24, 2.45) is 0 Å². The van der Waals surface area contributed by atoms with Crippen LogP contribution in [0.25, 0.3) is 16.6 Å². The molecule has 3 nitrogen and oxygen atoms in total. The van der Waals surface area contributed by atoms with E-state index in [1.165, 1.54) is 0 Å². The monoisotopic (exact) mass is 315 g/mol. The van der Waals surface area contributed by atoms with E-state index in [-0.39, 0.29) is 5.56 Å². The number of hydrogen-bond donors (Lipinski definition) is 0. The summed E-state index contributed by atoms with van der Waals surface area (Å²) >= 11 is 2.88. The second-order valence-corrected chi connectivity index (χ2v) is 5.10. The summed E-state index contributed by atoms with van der Waals surface area (Å²) in [5.74, 6) is 0. The summed E-state index contributed by atoms with van der Waals surface area (Å²) in [6.07, 6.45) is 0. The van der Waals surface area contributed by atoms with Crippen LogP contribution in [0.4, 0.5) is 0 Å². The van der Waals surface area contributed by atoms with Gasteiger partial charge in [0, 0.05) is 0 Å². The molecule has 19 heavy (non-hydrogen) atoms. The van der Waals surface area contributed by atoms with Crippen LogP contribution < -0.4 is 10.3 Å². The second-order valence-electron chi connectivity index (χ2n) is 4.34. The number of hydrogen-bond acceptors (Lipinski definition) is 2. The Bertz CT molecular complexity index is 824. The summed E-state index contributed by atoms with van der Waals surface area (Å²) in [6.45, 7) is 1.98. The van der Waals surface area contributed by atoms with Crippen molar-refractivity contribution in [2.75, 3.05) is 0 Å². The zero-order chi connectivity index (χ0) is 13.4. The third-order valence-electron chi connectivity index (χ3n) is 3.10. The van der Waals surface area contributed by atoms with Gasteiger partial charge in [-0.15, -0.1) is 0 Å². The minimum atomic E-state index is -0.0475. The summed E-state index contributed by atoms with van der Waals surface area (Å²) in [6, 6.07) is 15.2. The first-order valence-electron chi connectivity index (χ1n) is 5.93.